The average molecular weight is 484 g/mol. The predicted octanol–water partition coefficient (Wildman–Crippen LogP) is 2.44. The Morgan fingerprint density at radius 1 is 1.22 bits per heavy atom. The molecule has 0 saturated heterocycles. The lowest BCUT2D eigenvalue weighted by atomic mass is 9.95. The molecule has 0 radical (unpaired) electrons. The fraction of sp³-hybridized carbons (Fsp3) is 0.609. The van der Waals surface area contributed by atoms with Gasteiger partial charge in [0.15, 0.2) is 0 Å². The number of hydrogen-bond donors (Lipinski definition) is 4. The molecule has 0 aliphatic carbocycles. The second-order valence-corrected chi connectivity index (χ2v) is 9.31. The van der Waals surface area contributed by atoms with Crippen LogP contribution in [0.2, 0.25) is 0 Å². The smallest absolute Gasteiger partial charge is 0.326 e. The van der Waals surface area contributed by atoms with E-state index in [2.05, 4.69) is 17.9 Å². The average Bonchev–Trinajstić information content (AvgIpc) is 2.78. The summed E-state index contributed by atoms with van der Waals surface area (Å²) in [5.41, 5.74) is 7.06. The Morgan fingerprint density at radius 3 is 2.41 bits per heavy atom. The molecule has 0 aliphatic heterocycles. The molecule has 0 heterocycles. The van der Waals surface area contributed by atoms with Crippen molar-refractivity contribution >= 4 is 42.2 Å². The first-order valence-electron chi connectivity index (χ1n) is 11.0. The van der Waals surface area contributed by atoms with E-state index in [0.717, 1.165) is 16.9 Å². The molecule has 7 nitrogen and oxygen atoms in total. The highest BCUT2D eigenvalue weighted by Crippen LogP contribution is 2.18. The van der Waals surface area contributed by atoms with Gasteiger partial charge in [0.05, 0.1) is 12.1 Å². The maximum Gasteiger partial charge on any atom is 0.326 e. The number of aliphatic carboxylic acids is 1. The van der Waals surface area contributed by atoms with E-state index >= 15 is 0 Å². The van der Waals surface area contributed by atoms with Gasteiger partial charge in [-0.25, -0.2) is 4.79 Å². The zero-order valence-corrected chi connectivity index (χ0v) is 20.9. The van der Waals surface area contributed by atoms with Crippen LogP contribution >= 0.6 is 24.4 Å². The molecule has 32 heavy (non-hydrogen) atoms. The van der Waals surface area contributed by atoms with Crippen molar-refractivity contribution in [2.24, 2.45) is 11.7 Å². The molecule has 9 heteroatoms. The number of carboxylic acids is 1. The number of amides is 2. The molecule has 0 aliphatic rings. The summed E-state index contributed by atoms with van der Waals surface area (Å²) in [6, 6.07) is 6.30. The quantitative estimate of drug-likeness (QED) is 0.224. The monoisotopic (exact) mass is 483 g/mol. The Bertz CT molecular complexity index is 720. The fourth-order valence-electron chi connectivity index (χ4n) is 3.40. The third kappa shape index (κ3) is 8.77. The van der Waals surface area contributed by atoms with Crippen molar-refractivity contribution in [2.75, 3.05) is 24.3 Å². The Morgan fingerprint density at radius 2 is 1.88 bits per heavy atom. The van der Waals surface area contributed by atoms with Gasteiger partial charge < -0.3 is 16.2 Å². The van der Waals surface area contributed by atoms with Crippen LogP contribution in [-0.4, -0.2) is 70.2 Å². The van der Waals surface area contributed by atoms with Crippen LogP contribution in [0.5, 0.6) is 0 Å². The van der Waals surface area contributed by atoms with Gasteiger partial charge in [0.1, 0.15) is 6.04 Å². The van der Waals surface area contributed by atoms with Gasteiger partial charge in [0.25, 0.3) is 0 Å². The molecular weight excluding hydrogens is 446 g/mol. The summed E-state index contributed by atoms with van der Waals surface area (Å²) >= 11 is 5.68. The Balaban J connectivity index is 3.27. The highest BCUT2D eigenvalue weighted by molar-refractivity contribution is 7.98. The molecular formula is C23H37N3O4S2. The van der Waals surface area contributed by atoms with Gasteiger partial charge >= 0.3 is 5.97 Å². The highest BCUT2D eigenvalue weighted by Gasteiger charge is 2.40. The van der Waals surface area contributed by atoms with E-state index in [1.807, 2.05) is 50.4 Å². The van der Waals surface area contributed by atoms with Crippen molar-refractivity contribution in [1.82, 2.24) is 10.2 Å². The SMILES string of the molecule is CCC(C)C(NCCCS)C(=O)N(C(=O)C(N)Cc1ccccc1)C(CCSC)C(=O)O. The Kier molecular flexibility index (Phi) is 13.6. The second-order valence-electron chi connectivity index (χ2n) is 7.87. The van der Waals surface area contributed by atoms with E-state index in [1.54, 1.807) is 0 Å². The predicted molar refractivity (Wildman–Crippen MR) is 134 cm³/mol. The number of thiol groups is 1. The first kappa shape index (κ1) is 28.5. The van der Waals surface area contributed by atoms with Crippen LogP contribution in [0.15, 0.2) is 30.3 Å². The molecule has 1 rings (SSSR count). The van der Waals surface area contributed by atoms with Crippen molar-refractivity contribution in [3.8, 4) is 0 Å². The highest BCUT2D eigenvalue weighted by atomic mass is 32.2. The number of nitrogens with one attached hydrogen (secondary N) is 1. The molecule has 1 aromatic rings. The van der Waals surface area contributed by atoms with E-state index in [-0.39, 0.29) is 18.8 Å². The number of imide groups is 1. The first-order valence-corrected chi connectivity index (χ1v) is 13.0. The Labute approximate surface area is 201 Å². The lowest BCUT2D eigenvalue weighted by Gasteiger charge is -2.34. The number of carbonyl (C=O) groups excluding carboxylic acids is 2. The number of rotatable bonds is 15. The van der Waals surface area contributed by atoms with Gasteiger partial charge in [0.2, 0.25) is 11.8 Å². The molecule has 4 atom stereocenters. The summed E-state index contributed by atoms with van der Waals surface area (Å²) < 4.78 is 0. The normalized spacial score (nSPS) is 14.9. The van der Waals surface area contributed by atoms with Crippen LogP contribution in [0.25, 0.3) is 0 Å². The molecule has 0 bridgehead atoms. The number of thioether (sulfide) groups is 1. The summed E-state index contributed by atoms with van der Waals surface area (Å²) in [6.45, 7) is 4.42. The van der Waals surface area contributed by atoms with Crippen molar-refractivity contribution in [3.05, 3.63) is 35.9 Å². The number of hydrogen-bond acceptors (Lipinski definition) is 7. The van der Waals surface area contributed by atoms with Gasteiger partial charge in [0, 0.05) is 0 Å². The van der Waals surface area contributed by atoms with Crippen molar-refractivity contribution in [2.45, 2.75) is 57.7 Å². The van der Waals surface area contributed by atoms with E-state index in [1.165, 1.54) is 11.8 Å². The molecule has 0 saturated carbocycles. The van der Waals surface area contributed by atoms with Crippen LogP contribution in [-0.2, 0) is 20.8 Å². The van der Waals surface area contributed by atoms with Crippen LogP contribution in [0, 0.1) is 5.92 Å². The molecule has 4 N–H and O–H groups in total. The van der Waals surface area contributed by atoms with Crippen molar-refractivity contribution in [3.63, 3.8) is 0 Å². The molecule has 4 unspecified atom stereocenters. The summed E-state index contributed by atoms with van der Waals surface area (Å²) in [5, 5.41) is 13.1. The number of nitrogens with two attached hydrogens (primary N) is 1. The first-order chi connectivity index (χ1) is 15.3. The van der Waals surface area contributed by atoms with Crippen molar-refractivity contribution in [1.29, 1.82) is 0 Å². The van der Waals surface area contributed by atoms with E-state index in [0.29, 0.717) is 24.5 Å². The number of benzene rings is 1. The fourth-order valence-corrected chi connectivity index (χ4v) is 4.01. The summed E-state index contributed by atoms with van der Waals surface area (Å²) in [5.74, 6) is -1.31. The van der Waals surface area contributed by atoms with Crippen LogP contribution < -0.4 is 11.1 Å². The maximum absolute atomic E-state index is 13.6. The van der Waals surface area contributed by atoms with E-state index < -0.39 is 35.9 Å². The van der Waals surface area contributed by atoms with E-state index in [9.17, 15) is 19.5 Å². The maximum atomic E-state index is 13.6. The minimum atomic E-state index is -1.26. The van der Waals surface area contributed by atoms with Gasteiger partial charge in [-0.2, -0.15) is 24.4 Å². The van der Waals surface area contributed by atoms with Crippen LogP contribution in [0.1, 0.15) is 38.7 Å². The Hall–Kier alpha value is -1.55. The summed E-state index contributed by atoms with van der Waals surface area (Å²) in [6.07, 6.45) is 3.69. The zero-order valence-electron chi connectivity index (χ0n) is 19.2. The topological polar surface area (TPSA) is 113 Å². The zero-order chi connectivity index (χ0) is 24.1. The molecule has 180 valence electrons. The lowest BCUT2D eigenvalue weighted by molar-refractivity contribution is -0.160. The minimum absolute atomic E-state index is 0.0851. The number of nitrogens with zero attached hydrogens (tertiary/aromatic N) is 1. The van der Waals surface area contributed by atoms with E-state index in [4.69, 9.17) is 5.73 Å². The third-order valence-corrected chi connectivity index (χ3v) is 6.42. The van der Waals surface area contributed by atoms with Crippen LogP contribution in [0.3, 0.4) is 0 Å². The van der Waals surface area contributed by atoms with Gasteiger partial charge in [-0.3, -0.25) is 14.5 Å². The minimum Gasteiger partial charge on any atom is -0.480 e. The second kappa shape index (κ2) is 15.3. The summed E-state index contributed by atoms with van der Waals surface area (Å²) in [4.78, 5) is 40.1. The molecule has 0 spiro atoms. The van der Waals surface area contributed by atoms with Crippen LogP contribution in [0.4, 0.5) is 0 Å². The van der Waals surface area contributed by atoms with Gasteiger partial charge in [-0.15, -0.1) is 0 Å². The van der Waals surface area contributed by atoms with Gasteiger partial charge in [-0.05, 0) is 55.1 Å². The largest absolute Gasteiger partial charge is 0.480 e. The van der Waals surface area contributed by atoms with Crippen molar-refractivity contribution < 1.29 is 19.5 Å². The summed E-state index contributed by atoms with van der Waals surface area (Å²) in [7, 11) is 0. The molecule has 2 amide bonds. The number of carboxylic acid groups (broad SMARTS) is 1. The molecule has 0 aromatic heterocycles. The molecule has 0 fully saturated rings. The molecule has 1 aromatic carbocycles. The standard InChI is InChI=1S/C23H37N3O4S2/c1-4-16(2)20(25-12-8-13-31)22(28)26(19(23(29)30)11-14-32-3)21(27)18(24)15-17-9-6-5-7-10-17/h5-7,9-10,16,18-20,25,31H,4,8,11-15,24H2,1-3H3,(H,29,30). The lowest BCUT2D eigenvalue weighted by Crippen LogP contribution is -2.60. The number of carbonyl (C=O) groups is 3. The third-order valence-electron chi connectivity index (χ3n) is 5.46. The van der Waals surface area contributed by atoms with Gasteiger partial charge in [-0.1, -0.05) is 50.6 Å².